The van der Waals surface area contributed by atoms with Crippen molar-refractivity contribution < 1.29 is 14.6 Å². The van der Waals surface area contributed by atoms with Crippen LogP contribution in [0.3, 0.4) is 0 Å². The quantitative estimate of drug-likeness (QED) is 0.376. The van der Waals surface area contributed by atoms with Crippen LogP contribution in [0.5, 0.6) is 0 Å². The number of hydrogen-bond acceptors (Lipinski definition) is 4. The summed E-state index contributed by atoms with van der Waals surface area (Å²) < 4.78 is 11.4. The number of morpholine rings is 1. The number of hydrogen-bond donors (Lipinski definition) is 2. The van der Waals surface area contributed by atoms with Crippen molar-refractivity contribution in [2.45, 2.75) is 45.3 Å². The molecular weight excluding hydrogens is 469 g/mol. The maximum atomic E-state index is 10.7. The Morgan fingerprint density at radius 2 is 2.04 bits per heavy atom. The summed E-state index contributed by atoms with van der Waals surface area (Å²) >= 11 is 0. The second kappa shape index (κ2) is 10.8. The summed E-state index contributed by atoms with van der Waals surface area (Å²) in [5, 5.41) is 14.1. The molecule has 0 spiro atoms. The first-order valence-electron chi connectivity index (χ1n) is 10.0. The average Bonchev–Trinajstić information content (AvgIpc) is 2.66. The molecular formula is C21H34IN3O3. The first-order valence-corrected chi connectivity index (χ1v) is 10.0. The maximum Gasteiger partial charge on any atom is 0.194 e. The van der Waals surface area contributed by atoms with Crippen molar-refractivity contribution in [2.24, 2.45) is 4.99 Å². The number of ether oxygens (including phenoxy) is 2. The monoisotopic (exact) mass is 503 g/mol. The smallest absolute Gasteiger partial charge is 0.194 e. The molecule has 2 N–H and O–H groups in total. The van der Waals surface area contributed by atoms with E-state index in [1.807, 2.05) is 0 Å². The molecule has 2 saturated heterocycles. The van der Waals surface area contributed by atoms with Gasteiger partial charge in [-0.05, 0) is 31.9 Å². The lowest BCUT2D eigenvalue weighted by Crippen LogP contribution is -2.49. The standard InChI is InChI=1S/C21H33N3O3.HI/c1-4-22-20(23-15-21(25)7-10-26-11-8-21)24-9-12-27-19(14-24)18-6-5-16(2)13-17(18)3;/h5-6,13,19,25H,4,7-12,14-15H2,1-3H3,(H,22,23);1H. The molecule has 2 fully saturated rings. The van der Waals surface area contributed by atoms with Gasteiger partial charge in [-0.2, -0.15) is 0 Å². The van der Waals surface area contributed by atoms with E-state index < -0.39 is 5.60 Å². The molecule has 0 saturated carbocycles. The maximum absolute atomic E-state index is 10.7. The van der Waals surface area contributed by atoms with Crippen LogP contribution in [0.1, 0.15) is 42.6 Å². The minimum atomic E-state index is -0.752. The molecule has 2 aliphatic heterocycles. The number of aliphatic imine (C=N–C) groups is 1. The van der Waals surface area contributed by atoms with Gasteiger partial charge >= 0.3 is 0 Å². The highest BCUT2D eigenvalue weighted by Crippen LogP contribution is 2.26. The molecule has 2 heterocycles. The van der Waals surface area contributed by atoms with E-state index in [0.29, 0.717) is 39.2 Å². The number of guanidine groups is 1. The zero-order valence-corrected chi connectivity index (χ0v) is 19.6. The van der Waals surface area contributed by atoms with Crippen LogP contribution in [0.25, 0.3) is 0 Å². The zero-order valence-electron chi connectivity index (χ0n) is 17.2. The van der Waals surface area contributed by atoms with Crippen molar-refractivity contribution in [2.75, 3.05) is 46.0 Å². The van der Waals surface area contributed by atoms with Gasteiger partial charge in [0.05, 0.1) is 25.3 Å². The number of rotatable bonds is 4. The summed E-state index contributed by atoms with van der Waals surface area (Å²) in [5.41, 5.74) is 3.02. The lowest BCUT2D eigenvalue weighted by molar-refractivity contribution is -0.0568. The lowest BCUT2D eigenvalue weighted by Gasteiger charge is -2.37. The van der Waals surface area contributed by atoms with Crippen LogP contribution in [0.2, 0.25) is 0 Å². The number of halogens is 1. The number of nitrogens with one attached hydrogen (secondary N) is 1. The van der Waals surface area contributed by atoms with Gasteiger partial charge < -0.3 is 24.8 Å². The van der Waals surface area contributed by atoms with E-state index in [9.17, 15) is 5.11 Å². The Balaban J connectivity index is 0.00000280. The van der Waals surface area contributed by atoms with E-state index in [1.54, 1.807) is 0 Å². The van der Waals surface area contributed by atoms with Gasteiger partial charge in [0.25, 0.3) is 0 Å². The summed E-state index contributed by atoms with van der Waals surface area (Å²) in [5.74, 6) is 0.857. The predicted molar refractivity (Wildman–Crippen MR) is 123 cm³/mol. The third-order valence-corrected chi connectivity index (χ3v) is 5.42. The molecule has 2 aliphatic rings. The second-order valence-electron chi connectivity index (χ2n) is 7.67. The van der Waals surface area contributed by atoms with Gasteiger partial charge in [0.15, 0.2) is 5.96 Å². The van der Waals surface area contributed by atoms with Crippen LogP contribution in [-0.4, -0.2) is 67.6 Å². The van der Waals surface area contributed by atoms with Crippen LogP contribution in [-0.2, 0) is 9.47 Å². The van der Waals surface area contributed by atoms with Crippen molar-refractivity contribution in [3.05, 3.63) is 34.9 Å². The normalized spacial score (nSPS) is 22.5. The van der Waals surface area contributed by atoms with Crippen molar-refractivity contribution >= 4 is 29.9 Å². The Bertz CT molecular complexity index is 662. The van der Waals surface area contributed by atoms with Crippen LogP contribution in [0.15, 0.2) is 23.2 Å². The predicted octanol–water partition coefficient (Wildman–Crippen LogP) is 2.80. The number of nitrogens with zero attached hydrogens (tertiary/aromatic N) is 2. The van der Waals surface area contributed by atoms with Crippen molar-refractivity contribution in [3.8, 4) is 0 Å². The molecule has 0 aromatic heterocycles. The SMILES string of the molecule is CCNC(=NCC1(O)CCOCC1)N1CCOC(c2ccc(C)cc2C)C1.I. The third kappa shape index (κ3) is 6.05. The Hall–Kier alpha value is -0.900. The third-order valence-electron chi connectivity index (χ3n) is 5.42. The molecule has 0 amide bonds. The van der Waals surface area contributed by atoms with E-state index in [1.165, 1.54) is 16.7 Å². The molecule has 6 nitrogen and oxygen atoms in total. The fraction of sp³-hybridized carbons (Fsp3) is 0.667. The van der Waals surface area contributed by atoms with Crippen LogP contribution in [0, 0.1) is 13.8 Å². The number of benzene rings is 1. The van der Waals surface area contributed by atoms with Crippen molar-refractivity contribution in [3.63, 3.8) is 0 Å². The van der Waals surface area contributed by atoms with Gasteiger partial charge in [-0.1, -0.05) is 23.8 Å². The van der Waals surface area contributed by atoms with Crippen molar-refractivity contribution in [1.29, 1.82) is 0 Å². The second-order valence-corrected chi connectivity index (χ2v) is 7.67. The molecule has 1 atom stereocenters. The highest BCUT2D eigenvalue weighted by atomic mass is 127. The summed E-state index contributed by atoms with van der Waals surface area (Å²) in [6.45, 7) is 11.0. The molecule has 1 unspecified atom stereocenters. The van der Waals surface area contributed by atoms with Gasteiger partial charge in [0.1, 0.15) is 6.10 Å². The molecule has 0 bridgehead atoms. The Kier molecular flexibility index (Phi) is 8.98. The fourth-order valence-electron chi connectivity index (χ4n) is 3.77. The average molecular weight is 503 g/mol. The first kappa shape index (κ1) is 23.4. The highest BCUT2D eigenvalue weighted by molar-refractivity contribution is 14.0. The molecule has 0 aliphatic carbocycles. The number of aliphatic hydroxyl groups is 1. The molecule has 1 aromatic carbocycles. The summed E-state index contributed by atoms with van der Waals surface area (Å²) in [6.07, 6.45) is 1.32. The van der Waals surface area contributed by atoms with Gasteiger partial charge in [-0.25, -0.2) is 0 Å². The Labute approximate surface area is 185 Å². The minimum absolute atomic E-state index is 0. The minimum Gasteiger partial charge on any atom is -0.388 e. The molecule has 7 heteroatoms. The lowest BCUT2D eigenvalue weighted by atomic mass is 9.95. The van der Waals surface area contributed by atoms with E-state index in [4.69, 9.17) is 14.5 Å². The number of aryl methyl sites for hydroxylation is 2. The fourth-order valence-corrected chi connectivity index (χ4v) is 3.77. The van der Waals surface area contributed by atoms with E-state index in [2.05, 4.69) is 49.2 Å². The van der Waals surface area contributed by atoms with Gasteiger partial charge in [0.2, 0.25) is 0 Å². The first-order chi connectivity index (χ1) is 13.0. The van der Waals surface area contributed by atoms with Gasteiger partial charge in [-0.3, -0.25) is 4.99 Å². The van der Waals surface area contributed by atoms with Crippen LogP contribution < -0.4 is 5.32 Å². The van der Waals surface area contributed by atoms with E-state index >= 15 is 0 Å². The van der Waals surface area contributed by atoms with Crippen LogP contribution >= 0.6 is 24.0 Å². The Morgan fingerprint density at radius 3 is 2.71 bits per heavy atom. The highest BCUT2D eigenvalue weighted by Gasteiger charge is 2.31. The summed E-state index contributed by atoms with van der Waals surface area (Å²) in [4.78, 5) is 7.02. The topological polar surface area (TPSA) is 66.3 Å². The molecule has 158 valence electrons. The van der Waals surface area contributed by atoms with Gasteiger partial charge in [0, 0.05) is 39.1 Å². The summed E-state index contributed by atoms with van der Waals surface area (Å²) in [6, 6.07) is 6.52. The Morgan fingerprint density at radius 1 is 1.29 bits per heavy atom. The molecule has 28 heavy (non-hydrogen) atoms. The van der Waals surface area contributed by atoms with E-state index in [-0.39, 0.29) is 30.1 Å². The summed E-state index contributed by atoms with van der Waals surface area (Å²) in [7, 11) is 0. The van der Waals surface area contributed by atoms with Gasteiger partial charge in [-0.15, -0.1) is 24.0 Å². The zero-order chi connectivity index (χ0) is 19.3. The molecule has 1 aromatic rings. The molecule has 3 rings (SSSR count). The van der Waals surface area contributed by atoms with Crippen LogP contribution in [0.4, 0.5) is 0 Å². The van der Waals surface area contributed by atoms with Crippen molar-refractivity contribution in [1.82, 2.24) is 10.2 Å². The van der Waals surface area contributed by atoms with E-state index in [0.717, 1.165) is 25.6 Å². The largest absolute Gasteiger partial charge is 0.388 e. The molecule has 0 radical (unpaired) electrons.